The highest BCUT2D eigenvalue weighted by atomic mass is 127. The zero-order chi connectivity index (χ0) is 11.7. The number of unbranched alkanes of at least 4 members (excludes halogenated alkanes) is 1. The van der Waals surface area contributed by atoms with E-state index in [1.165, 1.54) is 4.90 Å². The van der Waals surface area contributed by atoms with Crippen LogP contribution in [0.15, 0.2) is 18.2 Å². The Morgan fingerprint density at radius 2 is 2.00 bits per heavy atom. The molecule has 0 saturated carbocycles. The highest BCUT2D eigenvalue weighted by Crippen LogP contribution is 2.27. The fraction of sp³-hybridized carbons (Fsp3) is 0.333. The van der Waals surface area contributed by atoms with Crippen LogP contribution in [-0.2, 0) is 0 Å². The summed E-state index contributed by atoms with van der Waals surface area (Å²) >= 11 is 2.10. The summed E-state index contributed by atoms with van der Waals surface area (Å²) in [5.41, 5.74) is 1.12. The summed E-state index contributed by atoms with van der Waals surface area (Å²) in [6, 6.07) is 5.40. The van der Waals surface area contributed by atoms with Crippen LogP contribution < -0.4 is 0 Å². The van der Waals surface area contributed by atoms with Crippen molar-refractivity contribution in [1.82, 2.24) is 4.90 Å². The van der Waals surface area contributed by atoms with Crippen LogP contribution in [0.1, 0.15) is 40.5 Å². The van der Waals surface area contributed by atoms with E-state index in [9.17, 15) is 9.59 Å². The minimum absolute atomic E-state index is 0.140. The zero-order valence-corrected chi connectivity index (χ0v) is 11.2. The van der Waals surface area contributed by atoms with Gasteiger partial charge in [-0.2, -0.15) is 0 Å². The van der Waals surface area contributed by atoms with Crippen LogP contribution in [0.4, 0.5) is 0 Å². The van der Waals surface area contributed by atoms with Gasteiger partial charge in [0.05, 0.1) is 11.1 Å². The molecule has 2 amide bonds. The molecule has 3 nitrogen and oxygen atoms in total. The quantitative estimate of drug-likeness (QED) is 0.632. The van der Waals surface area contributed by atoms with Crippen LogP contribution in [0.2, 0.25) is 0 Å². The van der Waals surface area contributed by atoms with E-state index in [2.05, 4.69) is 22.6 Å². The summed E-state index contributed by atoms with van der Waals surface area (Å²) in [5, 5.41) is 0. The first kappa shape index (κ1) is 11.6. The molecule has 0 spiro atoms. The summed E-state index contributed by atoms with van der Waals surface area (Å²) in [6.45, 7) is 2.57. The molecule has 0 unspecified atom stereocenters. The van der Waals surface area contributed by atoms with Crippen LogP contribution in [0, 0.1) is 3.57 Å². The lowest BCUT2D eigenvalue weighted by Crippen LogP contribution is -2.30. The van der Waals surface area contributed by atoms with Crippen molar-refractivity contribution in [3.8, 4) is 0 Å². The number of benzene rings is 1. The van der Waals surface area contributed by atoms with Crippen molar-refractivity contribution in [3.63, 3.8) is 0 Å². The lowest BCUT2D eigenvalue weighted by molar-refractivity contribution is 0.0652. The Bertz CT molecular complexity index is 456. The van der Waals surface area contributed by atoms with Gasteiger partial charge in [0.2, 0.25) is 0 Å². The third kappa shape index (κ3) is 1.75. The second-order valence-electron chi connectivity index (χ2n) is 3.78. The molecule has 0 bridgehead atoms. The van der Waals surface area contributed by atoms with E-state index in [1.54, 1.807) is 6.07 Å². The zero-order valence-electron chi connectivity index (χ0n) is 9.00. The molecule has 2 rings (SSSR count). The molecule has 1 aliphatic heterocycles. The number of amides is 2. The third-order valence-electron chi connectivity index (χ3n) is 2.68. The van der Waals surface area contributed by atoms with Crippen LogP contribution in [0.25, 0.3) is 0 Å². The van der Waals surface area contributed by atoms with Gasteiger partial charge in [-0.3, -0.25) is 14.5 Å². The van der Waals surface area contributed by atoms with Gasteiger partial charge >= 0.3 is 0 Å². The Labute approximate surface area is 108 Å². The molecule has 1 aliphatic rings. The van der Waals surface area contributed by atoms with E-state index in [0.717, 1.165) is 16.4 Å². The number of nitrogens with zero attached hydrogens (tertiary/aromatic N) is 1. The Kier molecular flexibility index (Phi) is 3.28. The van der Waals surface area contributed by atoms with Crippen molar-refractivity contribution in [2.75, 3.05) is 6.54 Å². The number of imide groups is 1. The Hall–Kier alpha value is -0.910. The van der Waals surface area contributed by atoms with Crippen molar-refractivity contribution < 1.29 is 9.59 Å². The molecule has 84 valence electrons. The van der Waals surface area contributed by atoms with Crippen molar-refractivity contribution in [2.24, 2.45) is 0 Å². The van der Waals surface area contributed by atoms with Crippen LogP contribution in [0.3, 0.4) is 0 Å². The van der Waals surface area contributed by atoms with E-state index in [0.29, 0.717) is 17.7 Å². The van der Waals surface area contributed by atoms with Gasteiger partial charge in [0, 0.05) is 10.1 Å². The molecular formula is C12H12INO2. The third-order valence-corrected chi connectivity index (χ3v) is 3.58. The van der Waals surface area contributed by atoms with E-state index in [-0.39, 0.29) is 11.8 Å². The van der Waals surface area contributed by atoms with Gasteiger partial charge < -0.3 is 0 Å². The fourth-order valence-corrected chi connectivity index (χ4v) is 2.54. The van der Waals surface area contributed by atoms with Gasteiger partial charge in [-0.1, -0.05) is 19.4 Å². The van der Waals surface area contributed by atoms with Crippen LogP contribution in [0.5, 0.6) is 0 Å². The molecule has 0 radical (unpaired) electrons. The monoisotopic (exact) mass is 329 g/mol. The largest absolute Gasteiger partial charge is 0.274 e. The molecule has 1 aromatic carbocycles. The molecule has 1 heterocycles. The summed E-state index contributed by atoms with van der Waals surface area (Å²) in [7, 11) is 0. The molecule has 16 heavy (non-hydrogen) atoms. The fourth-order valence-electron chi connectivity index (χ4n) is 1.81. The molecule has 0 atom stereocenters. The molecule has 4 heteroatoms. The Morgan fingerprint density at radius 1 is 1.25 bits per heavy atom. The predicted molar refractivity (Wildman–Crippen MR) is 69.4 cm³/mol. The summed E-state index contributed by atoms with van der Waals surface area (Å²) < 4.78 is 0.854. The van der Waals surface area contributed by atoms with Gasteiger partial charge in [-0.25, -0.2) is 0 Å². The van der Waals surface area contributed by atoms with E-state index in [1.807, 2.05) is 19.1 Å². The number of hydrogen-bond acceptors (Lipinski definition) is 2. The molecule has 0 N–H and O–H groups in total. The maximum Gasteiger partial charge on any atom is 0.262 e. The van der Waals surface area contributed by atoms with Gasteiger partial charge in [0.15, 0.2) is 0 Å². The lowest BCUT2D eigenvalue weighted by atomic mass is 10.1. The van der Waals surface area contributed by atoms with E-state index >= 15 is 0 Å². The Morgan fingerprint density at radius 3 is 2.62 bits per heavy atom. The number of fused-ring (bicyclic) bond motifs is 1. The molecule has 0 fully saturated rings. The molecule has 0 aromatic heterocycles. The minimum Gasteiger partial charge on any atom is -0.274 e. The number of hydrogen-bond donors (Lipinski definition) is 0. The number of halogens is 1. The van der Waals surface area contributed by atoms with Crippen molar-refractivity contribution in [3.05, 3.63) is 32.9 Å². The average molecular weight is 329 g/mol. The van der Waals surface area contributed by atoms with Crippen molar-refractivity contribution in [1.29, 1.82) is 0 Å². The van der Waals surface area contributed by atoms with E-state index in [4.69, 9.17) is 0 Å². The first-order chi connectivity index (χ1) is 7.66. The van der Waals surface area contributed by atoms with Gasteiger partial charge in [0.25, 0.3) is 11.8 Å². The minimum atomic E-state index is -0.146. The summed E-state index contributed by atoms with van der Waals surface area (Å²) in [6.07, 6.45) is 1.84. The standard InChI is InChI=1S/C12H12INO2/c1-2-3-7-14-11(15)8-5-4-6-9(13)10(8)12(14)16/h4-6H,2-3,7H2,1H3. The first-order valence-electron chi connectivity index (χ1n) is 5.31. The van der Waals surface area contributed by atoms with Gasteiger partial charge in [-0.15, -0.1) is 0 Å². The lowest BCUT2D eigenvalue weighted by Gasteiger charge is -2.12. The summed E-state index contributed by atoms with van der Waals surface area (Å²) in [5.74, 6) is -0.287. The van der Waals surface area contributed by atoms with Gasteiger partial charge in [-0.05, 0) is 41.1 Å². The molecule has 0 aliphatic carbocycles. The van der Waals surface area contributed by atoms with Crippen molar-refractivity contribution in [2.45, 2.75) is 19.8 Å². The maximum atomic E-state index is 12.0. The first-order valence-corrected chi connectivity index (χ1v) is 6.39. The smallest absolute Gasteiger partial charge is 0.262 e. The van der Waals surface area contributed by atoms with Gasteiger partial charge in [0.1, 0.15) is 0 Å². The molecule has 0 saturated heterocycles. The molecule has 1 aromatic rings. The number of carbonyl (C=O) groups excluding carboxylic acids is 2. The normalized spacial score (nSPS) is 14.5. The van der Waals surface area contributed by atoms with Crippen molar-refractivity contribution >= 4 is 34.4 Å². The number of carbonyl (C=O) groups is 2. The average Bonchev–Trinajstić information content (AvgIpc) is 2.51. The highest BCUT2D eigenvalue weighted by Gasteiger charge is 2.36. The summed E-state index contributed by atoms with van der Waals surface area (Å²) in [4.78, 5) is 25.4. The maximum absolute atomic E-state index is 12.0. The number of rotatable bonds is 3. The second kappa shape index (κ2) is 4.53. The topological polar surface area (TPSA) is 37.4 Å². The highest BCUT2D eigenvalue weighted by molar-refractivity contribution is 14.1. The second-order valence-corrected chi connectivity index (χ2v) is 4.94. The SMILES string of the molecule is CCCCN1C(=O)c2cccc(I)c2C1=O. The van der Waals surface area contributed by atoms with Crippen LogP contribution in [-0.4, -0.2) is 23.3 Å². The molecular weight excluding hydrogens is 317 g/mol. The van der Waals surface area contributed by atoms with Crippen LogP contribution >= 0.6 is 22.6 Å². The van der Waals surface area contributed by atoms with E-state index < -0.39 is 0 Å². The predicted octanol–water partition coefficient (Wildman–Crippen LogP) is 2.69. The Balaban J connectivity index is 2.37.